The molecule has 0 bridgehead atoms. The van der Waals surface area contributed by atoms with E-state index >= 15 is 0 Å². The molecule has 2 atom stereocenters. The van der Waals surface area contributed by atoms with Gasteiger partial charge in [-0.15, -0.1) is 0 Å². The van der Waals surface area contributed by atoms with E-state index in [2.05, 4.69) is 10.2 Å². The molecule has 18 heavy (non-hydrogen) atoms. The Kier molecular flexibility index (Phi) is 3.32. The van der Waals surface area contributed by atoms with Gasteiger partial charge >= 0.3 is 5.00 Å². The highest BCUT2D eigenvalue weighted by Gasteiger charge is 2.34. The van der Waals surface area contributed by atoms with E-state index in [9.17, 15) is 10.1 Å². The molecule has 0 unspecified atom stereocenters. The van der Waals surface area contributed by atoms with Crippen molar-refractivity contribution in [1.82, 2.24) is 10.2 Å². The van der Waals surface area contributed by atoms with Gasteiger partial charge in [-0.1, -0.05) is 11.3 Å². The van der Waals surface area contributed by atoms with E-state index in [0.717, 1.165) is 37.7 Å². The summed E-state index contributed by atoms with van der Waals surface area (Å²) in [7, 11) is 0. The molecule has 2 fully saturated rings. The minimum absolute atomic E-state index is 0.250. The van der Waals surface area contributed by atoms with Gasteiger partial charge in [0.25, 0.3) is 0 Å². The average molecular weight is 267 g/mol. The topological polar surface area (TPSA) is 58.4 Å². The molecule has 0 radical (unpaired) electrons. The molecule has 3 heterocycles. The molecule has 1 aromatic heterocycles. The second-order valence-corrected chi connectivity index (χ2v) is 6.10. The summed E-state index contributed by atoms with van der Waals surface area (Å²) in [4.78, 5) is 12.8. The number of hydrogen-bond acceptors (Lipinski definition) is 5. The Hall–Kier alpha value is -0.980. The molecule has 0 spiro atoms. The van der Waals surface area contributed by atoms with Crippen LogP contribution < -0.4 is 5.32 Å². The lowest BCUT2D eigenvalue weighted by atomic mass is 9.94. The van der Waals surface area contributed by atoms with Gasteiger partial charge in [-0.25, -0.2) is 0 Å². The van der Waals surface area contributed by atoms with Crippen LogP contribution in [-0.4, -0.2) is 35.5 Å². The maximum absolute atomic E-state index is 10.6. The van der Waals surface area contributed by atoms with E-state index in [1.54, 1.807) is 6.07 Å². The molecule has 3 rings (SSSR count). The van der Waals surface area contributed by atoms with Crippen molar-refractivity contribution in [2.75, 3.05) is 19.6 Å². The zero-order valence-corrected chi connectivity index (χ0v) is 11.0. The standard InChI is InChI=1S/C12H17N3O2S/c16-15(17)12-4-9(8-18-12)5-14-6-10-2-1-3-13-11(10)7-14/h4,8,10-11,13H,1-3,5-7H2/t10-,11+/m0/s1. The SMILES string of the molecule is O=[N+]([O-])c1cc(CN2C[C@@H]3CCCN[C@@H]3C2)cs1. The summed E-state index contributed by atoms with van der Waals surface area (Å²) in [6.45, 7) is 4.19. The van der Waals surface area contributed by atoms with Crippen molar-refractivity contribution in [3.05, 3.63) is 27.1 Å². The second-order valence-electron chi connectivity index (χ2n) is 5.21. The zero-order chi connectivity index (χ0) is 12.5. The third kappa shape index (κ3) is 2.41. The first-order valence-corrected chi connectivity index (χ1v) is 7.28. The Labute approximate surface area is 110 Å². The lowest BCUT2D eigenvalue weighted by Gasteiger charge is -2.24. The maximum atomic E-state index is 10.6. The predicted molar refractivity (Wildman–Crippen MR) is 70.8 cm³/mol. The molecule has 2 aliphatic heterocycles. The van der Waals surface area contributed by atoms with Gasteiger partial charge in [0.15, 0.2) is 0 Å². The highest BCUT2D eigenvalue weighted by molar-refractivity contribution is 7.13. The van der Waals surface area contributed by atoms with Crippen LogP contribution in [0.5, 0.6) is 0 Å². The highest BCUT2D eigenvalue weighted by Crippen LogP contribution is 2.28. The second kappa shape index (κ2) is 4.95. The van der Waals surface area contributed by atoms with Gasteiger partial charge in [0, 0.05) is 37.1 Å². The minimum Gasteiger partial charge on any atom is -0.312 e. The smallest absolute Gasteiger partial charge is 0.312 e. The first-order chi connectivity index (χ1) is 8.72. The third-order valence-corrected chi connectivity index (χ3v) is 4.83. The highest BCUT2D eigenvalue weighted by atomic mass is 32.1. The molecule has 2 saturated heterocycles. The summed E-state index contributed by atoms with van der Waals surface area (Å²) in [5.74, 6) is 0.771. The molecule has 5 nitrogen and oxygen atoms in total. The van der Waals surface area contributed by atoms with Crippen molar-refractivity contribution in [1.29, 1.82) is 0 Å². The monoisotopic (exact) mass is 267 g/mol. The van der Waals surface area contributed by atoms with E-state index in [1.165, 1.54) is 24.2 Å². The van der Waals surface area contributed by atoms with Crippen LogP contribution in [0.3, 0.4) is 0 Å². The minimum atomic E-state index is -0.306. The molecule has 1 aromatic rings. The molecule has 2 aliphatic rings. The fraction of sp³-hybridized carbons (Fsp3) is 0.667. The van der Waals surface area contributed by atoms with E-state index in [1.807, 2.05) is 5.38 Å². The number of nitrogens with zero attached hydrogens (tertiary/aromatic N) is 2. The van der Waals surface area contributed by atoms with Crippen LogP contribution >= 0.6 is 11.3 Å². The Morgan fingerprint density at radius 1 is 1.56 bits per heavy atom. The molecular formula is C12H17N3O2S. The fourth-order valence-electron chi connectivity index (χ4n) is 3.06. The number of rotatable bonds is 3. The van der Waals surface area contributed by atoms with Crippen molar-refractivity contribution in [3.63, 3.8) is 0 Å². The number of likely N-dealkylation sites (tertiary alicyclic amines) is 1. The van der Waals surface area contributed by atoms with E-state index in [-0.39, 0.29) is 9.92 Å². The van der Waals surface area contributed by atoms with Crippen LogP contribution in [0.2, 0.25) is 0 Å². The van der Waals surface area contributed by atoms with Gasteiger partial charge in [0.1, 0.15) is 0 Å². The van der Waals surface area contributed by atoms with Gasteiger partial charge in [0.05, 0.1) is 4.92 Å². The lowest BCUT2D eigenvalue weighted by Crippen LogP contribution is -2.40. The van der Waals surface area contributed by atoms with Crippen molar-refractivity contribution in [2.45, 2.75) is 25.4 Å². The molecule has 6 heteroatoms. The number of piperidine rings is 1. The Morgan fingerprint density at radius 3 is 3.17 bits per heavy atom. The van der Waals surface area contributed by atoms with E-state index < -0.39 is 0 Å². The van der Waals surface area contributed by atoms with Crippen LogP contribution in [0.15, 0.2) is 11.4 Å². The number of hydrogen-bond donors (Lipinski definition) is 1. The average Bonchev–Trinajstić information content (AvgIpc) is 2.94. The Morgan fingerprint density at radius 2 is 2.44 bits per heavy atom. The molecule has 0 amide bonds. The third-order valence-electron chi connectivity index (χ3n) is 3.90. The van der Waals surface area contributed by atoms with E-state index in [0.29, 0.717) is 6.04 Å². The summed E-state index contributed by atoms with van der Waals surface area (Å²) in [6.07, 6.45) is 2.59. The summed E-state index contributed by atoms with van der Waals surface area (Å²) in [5.41, 5.74) is 1.07. The van der Waals surface area contributed by atoms with Crippen LogP contribution in [-0.2, 0) is 6.54 Å². The maximum Gasteiger partial charge on any atom is 0.324 e. The molecule has 0 saturated carbocycles. The lowest BCUT2D eigenvalue weighted by molar-refractivity contribution is -0.380. The van der Waals surface area contributed by atoms with Crippen molar-refractivity contribution < 1.29 is 4.92 Å². The zero-order valence-electron chi connectivity index (χ0n) is 10.2. The van der Waals surface area contributed by atoms with Gasteiger partial charge in [-0.2, -0.15) is 0 Å². The van der Waals surface area contributed by atoms with Gasteiger partial charge < -0.3 is 5.32 Å². The summed E-state index contributed by atoms with van der Waals surface area (Å²) < 4.78 is 0. The van der Waals surface area contributed by atoms with Gasteiger partial charge in [0.2, 0.25) is 0 Å². The van der Waals surface area contributed by atoms with Gasteiger partial charge in [-0.3, -0.25) is 15.0 Å². The number of nitrogens with one attached hydrogen (secondary N) is 1. The predicted octanol–water partition coefficient (Wildman–Crippen LogP) is 1.84. The quantitative estimate of drug-likeness (QED) is 0.670. The Balaban J connectivity index is 1.61. The van der Waals surface area contributed by atoms with Crippen LogP contribution in [0.1, 0.15) is 18.4 Å². The first-order valence-electron chi connectivity index (χ1n) is 6.40. The van der Waals surface area contributed by atoms with Gasteiger partial charge in [-0.05, 0) is 30.9 Å². The van der Waals surface area contributed by atoms with Crippen molar-refractivity contribution in [2.24, 2.45) is 5.92 Å². The van der Waals surface area contributed by atoms with Crippen LogP contribution in [0, 0.1) is 16.0 Å². The first kappa shape index (κ1) is 12.1. The number of nitro groups is 1. The number of thiophene rings is 1. The summed E-state index contributed by atoms with van der Waals surface area (Å²) in [5, 5.41) is 16.4. The Bertz CT molecular complexity index is 434. The summed E-state index contributed by atoms with van der Waals surface area (Å²) >= 11 is 1.23. The molecule has 98 valence electrons. The molecule has 0 aliphatic carbocycles. The number of fused-ring (bicyclic) bond motifs is 1. The summed E-state index contributed by atoms with van der Waals surface area (Å²) in [6, 6.07) is 2.34. The van der Waals surface area contributed by atoms with Crippen LogP contribution in [0.4, 0.5) is 5.00 Å². The normalized spacial score (nSPS) is 28.2. The fourth-order valence-corrected chi connectivity index (χ4v) is 3.78. The van der Waals surface area contributed by atoms with Crippen molar-refractivity contribution in [3.8, 4) is 0 Å². The van der Waals surface area contributed by atoms with Crippen molar-refractivity contribution >= 4 is 16.3 Å². The largest absolute Gasteiger partial charge is 0.324 e. The molecule has 1 N–H and O–H groups in total. The molecule has 0 aromatic carbocycles. The molecular weight excluding hydrogens is 250 g/mol. The van der Waals surface area contributed by atoms with Crippen LogP contribution in [0.25, 0.3) is 0 Å². The van der Waals surface area contributed by atoms with E-state index in [4.69, 9.17) is 0 Å².